The van der Waals surface area contributed by atoms with Gasteiger partial charge >= 0.3 is 0 Å². The lowest BCUT2D eigenvalue weighted by molar-refractivity contribution is 0.473. The summed E-state index contributed by atoms with van der Waals surface area (Å²) in [4.78, 5) is 0.833. The van der Waals surface area contributed by atoms with Crippen LogP contribution in [0.4, 0.5) is 15.8 Å². The molecular weight excluding hydrogens is 487 g/mol. The van der Waals surface area contributed by atoms with E-state index in [-0.39, 0.29) is 5.82 Å². The van der Waals surface area contributed by atoms with E-state index in [1.165, 1.54) is 37.3 Å². The highest BCUT2D eigenvalue weighted by atomic mass is 32.2. The first-order valence-electron chi connectivity index (χ1n) is 9.93. The van der Waals surface area contributed by atoms with Crippen molar-refractivity contribution in [2.45, 2.75) is 38.2 Å². The number of hydrogen-bond donors (Lipinski definition) is 3. The van der Waals surface area contributed by atoms with Crippen LogP contribution >= 0.6 is 11.3 Å². The maximum absolute atomic E-state index is 13.5. The molecule has 0 bridgehead atoms. The maximum atomic E-state index is 13.5. The summed E-state index contributed by atoms with van der Waals surface area (Å²) in [5, 5.41) is 0.651. The molecule has 33 heavy (non-hydrogen) atoms. The fraction of sp³-hybridized carbons (Fsp3) is 0.273. The van der Waals surface area contributed by atoms with E-state index in [1.54, 1.807) is 26.0 Å². The van der Waals surface area contributed by atoms with Crippen molar-refractivity contribution in [3.63, 3.8) is 0 Å². The van der Waals surface area contributed by atoms with E-state index >= 15 is 0 Å². The van der Waals surface area contributed by atoms with Gasteiger partial charge in [-0.3, -0.25) is 9.27 Å². The minimum atomic E-state index is -3.74. The first kappa shape index (κ1) is 26.8. The Morgan fingerprint density at radius 2 is 1.42 bits per heavy atom. The van der Waals surface area contributed by atoms with E-state index in [1.807, 2.05) is 29.6 Å². The van der Waals surface area contributed by atoms with E-state index in [0.29, 0.717) is 16.9 Å². The molecule has 0 aliphatic carbocycles. The van der Waals surface area contributed by atoms with Gasteiger partial charge in [-0.1, -0.05) is 24.3 Å². The summed E-state index contributed by atoms with van der Waals surface area (Å²) >= 11 is 1.45. The summed E-state index contributed by atoms with van der Waals surface area (Å²) in [5.41, 5.74) is 9.05. The van der Waals surface area contributed by atoms with Crippen LogP contribution < -0.4 is 10.5 Å². The SMILES string of the molecule is CC(C)S(=O)(=O)Nc1ccsc1-c1ccc(-c2cc(N)cc(F)c2)cc1.CC(C)S(=O)(=O)O. The molecule has 2 aromatic carbocycles. The zero-order chi connectivity index (χ0) is 25.0. The quantitative estimate of drug-likeness (QED) is 0.305. The molecule has 0 saturated heterocycles. The second-order valence-electron chi connectivity index (χ2n) is 7.77. The van der Waals surface area contributed by atoms with Gasteiger partial charge in [-0.15, -0.1) is 11.3 Å². The van der Waals surface area contributed by atoms with Gasteiger partial charge in [0, 0.05) is 5.69 Å². The Morgan fingerprint density at radius 3 is 1.91 bits per heavy atom. The normalized spacial score (nSPS) is 11.9. The Labute approximate surface area is 198 Å². The van der Waals surface area contributed by atoms with Gasteiger partial charge in [0.05, 0.1) is 21.1 Å². The van der Waals surface area contributed by atoms with Gasteiger partial charge in [-0.05, 0) is 74.0 Å². The molecule has 0 amide bonds. The second-order valence-corrected chi connectivity index (χ2v) is 12.9. The van der Waals surface area contributed by atoms with Crippen LogP contribution in [0.2, 0.25) is 0 Å². The lowest BCUT2D eigenvalue weighted by Gasteiger charge is -2.12. The number of rotatable bonds is 6. The van der Waals surface area contributed by atoms with Crippen LogP contribution in [-0.2, 0) is 20.1 Å². The summed E-state index contributed by atoms with van der Waals surface area (Å²) in [5.74, 6) is -0.382. The summed E-state index contributed by atoms with van der Waals surface area (Å²) in [6.07, 6.45) is 0. The Hall–Kier alpha value is -2.47. The van der Waals surface area contributed by atoms with Gasteiger partial charge in [0.1, 0.15) is 5.82 Å². The number of hydrogen-bond acceptors (Lipinski definition) is 6. The number of sulfonamides is 1. The standard InChI is InChI=1S/C19H19FN2O2S2.C3H8O3S/c1-12(2)26(23,24)22-18-7-8-25-19(18)14-5-3-13(4-6-14)15-9-16(20)11-17(21)10-15;1-3(2)7(4,5)6/h3-12,22H,21H2,1-2H3;3H,1-2H3,(H,4,5,6). The molecule has 7 nitrogen and oxygen atoms in total. The molecule has 1 heterocycles. The molecule has 0 aliphatic heterocycles. The fourth-order valence-electron chi connectivity index (χ4n) is 2.48. The van der Waals surface area contributed by atoms with Crippen molar-refractivity contribution in [3.05, 3.63) is 59.7 Å². The molecule has 1 aromatic heterocycles. The van der Waals surface area contributed by atoms with Crippen LogP contribution in [0.3, 0.4) is 0 Å². The zero-order valence-electron chi connectivity index (χ0n) is 18.6. The van der Waals surface area contributed by atoms with Crippen molar-refractivity contribution in [2.75, 3.05) is 10.5 Å². The predicted molar refractivity (Wildman–Crippen MR) is 134 cm³/mol. The topological polar surface area (TPSA) is 127 Å². The molecule has 0 aliphatic rings. The second kappa shape index (κ2) is 10.6. The first-order valence-corrected chi connectivity index (χ1v) is 13.9. The van der Waals surface area contributed by atoms with Crippen LogP contribution in [-0.4, -0.2) is 31.9 Å². The van der Waals surface area contributed by atoms with Crippen LogP contribution in [0, 0.1) is 5.82 Å². The van der Waals surface area contributed by atoms with Crippen molar-refractivity contribution in [3.8, 4) is 21.6 Å². The summed E-state index contributed by atoms with van der Waals surface area (Å²) in [6.45, 7) is 6.09. The zero-order valence-corrected chi connectivity index (χ0v) is 21.1. The molecule has 0 saturated carbocycles. The molecule has 0 unspecified atom stereocenters. The highest BCUT2D eigenvalue weighted by Gasteiger charge is 2.18. The van der Waals surface area contributed by atoms with E-state index < -0.39 is 30.6 Å². The van der Waals surface area contributed by atoms with Crippen LogP contribution in [0.15, 0.2) is 53.9 Å². The van der Waals surface area contributed by atoms with Gasteiger partial charge in [0.25, 0.3) is 10.1 Å². The summed E-state index contributed by atoms with van der Waals surface area (Å²) in [6, 6.07) is 13.7. The number of anilines is 2. The first-order chi connectivity index (χ1) is 15.2. The Morgan fingerprint density at radius 1 is 0.879 bits per heavy atom. The third-order valence-corrected chi connectivity index (χ3v) is 8.43. The maximum Gasteiger partial charge on any atom is 0.267 e. The molecule has 0 radical (unpaired) electrons. The Bertz CT molecular complexity index is 1280. The summed E-state index contributed by atoms with van der Waals surface area (Å²) in [7, 11) is -7.15. The molecule has 180 valence electrons. The van der Waals surface area contributed by atoms with Crippen LogP contribution in [0.1, 0.15) is 27.7 Å². The number of halogens is 1. The van der Waals surface area contributed by atoms with Gasteiger partial charge in [0.2, 0.25) is 10.0 Å². The van der Waals surface area contributed by atoms with Crippen molar-refractivity contribution in [1.82, 2.24) is 0 Å². The average molecular weight is 515 g/mol. The highest BCUT2D eigenvalue weighted by Crippen LogP contribution is 2.36. The molecule has 3 aromatic rings. The number of nitrogens with two attached hydrogens (primary N) is 1. The van der Waals surface area contributed by atoms with Crippen LogP contribution in [0.25, 0.3) is 21.6 Å². The van der Waals surface area contributed by atoms with Gasteiger partial charge < -0.3 is 5.73 Å². The molecule has 11 heteroatoms. The predicted octanol–water partition coefficient (Wildman–Crippen LogP) is 5.24. The molecule has 0 atom stereocenters. The smallest absolute Gasteiger partial charge is 0.267 e. The molecule has 3 rings (SSSR count). The van der Waals surface area contributed by atoms with Gasteiger partial charge in [-0.25, -0.2) is 12.8 Å². The average Bonchev–Trinajstić information content (AvgIpc) is 3.14. The van der Waals surface area contributed by atoms with Crippen molar-refractivity contribution >= 4 is 42.9 Å². The highest BCUT2D eigenvalue weighted by molar-refractivity contribution is 7.93. The van der Waals surface area contributed by atoms with Crippen molar-refractivity contribution < 1.29 is 25.8 Å². The Kier molecular flexibility index (Phi) is 8.63. The third kappa shape index (κ3) is 7.53. The number of benzene rings is 2. The lowest BCUT2D eigenvalue weighted by atomic mass is 10.0. The fourth-order valence-corrected chi connectivity index (χ4v) is 4.11. The Balaban J connectivity index is 0.000000479. The van der Waals surface area contributed by atoms with E-state index in [9.17, 15) is 21.2 Å². The van der Waals surface area contributed by atoms with Gasteiger partial charge in [-0.2, -0.15) is 8.42 Å². The van der Waals surface area contributed by atoms with Crippen molar-refractivity contribution in [2.24, 2.45) is 0 Å². The monoisotopic (exact) mass is 514 g/mol. The number of thiophene rings is 1. The van der Waals surface area contributed by atoms with E-state index in [0.717, 1.165) is 16.0 Å². The molecular formula is C22H27FN2O5S3. The molecule has 0 spiro atoms. The summed E-state index contributed by atoms with van der Waals surface area (Å²) < 4.78 is 68.3. The van der Waals surface area contributed by atoms with Crippen molar-refractivity contribution in [1.29, 1.82) is 0 Å². The molecule has 0 fully saturated rings. The molecule has 4 N–H and O–H groups in total. The largest absolute Gasteiger partial charge is 0.399 e. The third-order valence-electron chi connectivity index (χ3n) is 4.53. The van der Waals surface area contributed by atoms with E-state index in [2.05, 4.69) is 4.72 Å². The minimum Gasteiger partial charge on any atom is -0.399 e. The lowest BCUT2D eigenvalue weighted by Crippen LogP contribution is -2.22. The number of nitrogens with one attached hydrogen (secondary N) is 1. The minimum absolute atomic E-state index is 0.368. The van der Waals surface area contributed by atoms with Gasteiger partial charge in [0.15, 0.2) is 0 Å². The van der Waals surface area contributed by atoms with Crippen LogP contribution in [0.5, 0.6) is 0 Å². The van der Waals surface area contributed by atoms with E-state index in [4.69, 9.17) is 10.3 Å². The number of nitrogen functional groups attached to an aromatic ring is 1.